The van der Waals surface area contributed by atoms with Gasteiger partial charge in [-0.1, -0.05) is 49.7 Å². The molecule has 3 rings (SSSR count). The lowest BCUT2D eigenvalue weighted by molar-refractivity contribution is 0.0766. The summed E-state index contributed by atoms with van der Waals surface area (Å²) in [6.45, 7) is 5.77. The Labute approximate surface area is 132 Å². The molecule has 0 aromatic heterocycles. The molecule has 0 atom stereocenters. The normalized spacial score (nSPS) is 13.5. The molecule has 2 aromatic carbocycles. The Bertz CT molecular complexity index is 676. The van der Waals surface area contributed by atoms with Crippen LogP contribution in [-0.4, -0.2) is 10.8 Å². The third-order valence-corrected chi connectivity index (χ3v) is 4.43. The molecule has 1 heterocycles. The molecule has 1 aliphatic rings. The van der Waals surface area contributed by atoms with Crippen LogP contribution in [0.15, 0.2) is 42.5 Å². The number of nitrogens with zero attached hydrogens (tertiary/aromatic N) is 1. The largest absolute Gasteiger partial charge is 0.330 e. The van der Waals surface area contributed by atoms with E-state index in [1.165, 1.54) is 35.1 Å². The Hall–Kier alpha value is -2.09. The molecular weight excluding hydrogens is 270 g/mol. The molecule has 0 fully saturated rings. The van der Waals surface area contributed by atoms with Crippen LogP contribution in [0, 0.1) is 6.92 Å². The Morgan fingerprint density at radius 1 is 1.09 bits per heavy atom. The van der Waals surface area contributed by atoms with Gasteiger partial charge in [-0.05, 0) is 48.1 Å². The number of unbranched alkanes of at least 4 members (excludes halogenated alkanes) is 1. The summed E-state index contributed by atoms with van der Waals surface area (Å²) in [6, 6.07) is 14.6. The van der Waals surface area contributed by atoms with E-state index in [1.807, 2.05) is 23.1 Å². The highest BCUT2D eigenvalue weighted by atomic mass is 16.2. The molecule has 0 bridgehead atoms. The molecule has 1 amide bonds. The molecule has 2 nitrogen and oxygen atoms in total. The fourth-order valence-corrected chi connectivity index (χ4v) is 3.18. The predicted octanol–water partition coefficient (Wildman–Crippen LogP) is 4.49. The number of hydrogen-bond acceptors (Lipinski definition) is 1. The number of aryl methyl sites for hydroxylation is 2. The molecule has 2 aromatic rings. The highest BCUT2D eigenvalue weighted by Crippen LogP contribution is 2.29. The van der Waals surface area contributed by atoms with Crippen molar-refractivity contribution in [2.24, 2.45) is 0 Å². The zero-order chi connectivity index (χ0) is 15.5. The third-order valence-electron chi connectivity index (χ3n) is 4.43. The molecule has 0 aliphatic carbocycles. The maximum atomic E-state index is 12.7. The molecule has 0 unspecified atom stereocenters. The number of hydrogen-bond donors (Lipinski definition) is 0. The highest BCUT2D eigenvalue weighted by Gasteiger charge is 2.28. The lowest BCUT2D eigenvalue weighted by Crippen LogP contribution is -2.23. The molecule has 1 aliphatic heterocycles. The average Bonchev–Trinajstić information content (AvgIpc) is 2.84. The van der Waals surface area contributed by atoms with Crippen molar-refractivity contribution in [3.05, 3.63) is 70.3 Å². The van der Waals surface area contributed by atoms with Crippen molar-refractivity contribution in [1.82, 2.24) is 4.90 Å². The van der Waals surface area contributed by atoms with Gasteiger partial charge < -0.3 is 4.90 Å². The summed E-state index contributed by atoms with van der Waals surface area (Å²) < 4.78 is 0. The summed E-state index contributed by atoms with van der Waals surface area (Å²) >= 11 is 0. The number of fused-ring (bicyclic) bond motifs is 1. The summed E-state index contributed by atoms with van der Waals surface area (Å²) in [5, 5.41) is 0. The minimum atomic E-state index is 0.181. The quantitative estimate of drug-likeness (QED) is 0.795. The maximum absolute atomic E-state index is 12.7. The molecule has 0 saturated carbocycles. The minimum Gasteiger partial charge on any atom is -0.330 e. The van der Waals surface area contributed by atoms with Gasteiger partial charge in [0.05, 0.1) is 0 Å². The van der Waals surface area contributed by atoms with E-state index < -0.39 is 0 Å². The van der Waals surface area contributed by atoms with Crippen molar-refractivity contribution < 1.29 is 4.79 Å². The van der Waals surface area contributed by atoms with E-state index in [-0.39, 0.29) is 5.91 Å². The van der Waals surface area contributed by atoms with Crippen LogP contribution >= 0.6 is 0 Å². The van der Waals surface area contributed by atoms with Gasteiger partial charge in [0.15, 0.2) is 0 Å². The van der Waals surface area contributed by atoms with Gasteiger partial charge in [0.2, 0.25) is 0 Å². The molecular formula is C20H23NO. The zero-order valence-corrected chi connectivity index (χ0v) is 13.4. The second kappa shape index (κ2) is 6.35. The molecule has 2 heteroatoms. The standard InChI is InChI=1S/C20H23NO/c1-3-4-8-17-11-15(2)19-14-21(20(22)18(19)12-17)13-16-9-6-5-7-10-16/h5-7,9-12H,3-4,8,13-14H2,1-2H3. The number of rotatable bonds is 5. The van der Waals surface area contributed by atoms with Gasteiger partial charge in [-0.25, -0.2) is 0 Å². The summed E-state index contributed by atoms with van der Waals surface area (Å²) in [6.07, 6.45) is 3.43. The van der Waals surface area contributed by atoms with Crippen LogP contribution in [0.25, 0.3) is 0 Å². The maximum Gasteiger partial charge on any atom is 0.254 e. The Balaban J connectivity index is 1.82. The number of benzene rings is 2. The van der Waals surface area contributed by atoms with Crippen molar-refractivity contribution in [3.8, 4) is 0 Å². The van der Waals surface area contributed by atoms with E-state index in [2.05, 4.69) is 38.1 Å². The van der Waals surface area contributed by atoms with Gasteiger partial charge in [0, 0.05) is 18.7 Å². The molecule has 0 saturated heterocycles. The lowest BCUT2D eigenvalue weighted by Gasteiger charge is -2.15. The first-order valence-corrected chi connectivity index (χ1v) is 8.14. The summed E-state index contributed by atoms with van der Waals surface area (Å²) in [7, 11) is 0. The topological polar surface area (TPSA) is 20.3 Å². The monoisotopic (exact) mass is 293 g/mol. The highest BCUT2D eigenvalue weighted by molar-refractivity contribution is 5.99. The first kappa shape index (κ1) is 14.8. The van der Waals surface area contributed by atoms with E-state index in [0.717, 1.165) is 18.5 Å². The summed E-state index contributed by atoms with van der Waals surface area (Å²) in [5.74, 6) is 0.181. The Kier molecular flexibility index (Phi) is 4.28. The SMILES string of the molecule is CCCCc1cc(C)c2c(c1)C(=O)N(Cc1ccccc1)C2. The summed E-state index contributed by atoms with van der Waals surface area (Å²) in [5.41, 5.74) is 5.87. The predicted molar refractivity (Wildman–Crippen MR) is 89.8 cm³/mol. The van der Waals surface area contributed by atoms with Crippen molar-refractivity contribution in [2.75, 3.05) is 0 Å². The lowest BCUT2D eigenvalue weighted by atomic mass is 9.98. The van der Waals surface area contributed by atoms with Crippen molar-refractivity contribution >= 4 is 5.91 Å². The van der Waals surface area contributed by atoms with Crippen LogP contribution in [0.2, 0.25) is 0 Å². The fourth-order valence-electron chi connectivity index (χ4n) is 3.18. The Morgan fingerprint density at radius 2 is 1.86 bits per heavy atom. The first-order valence-electron chi connectivity index (χ1n) is 8.14. The van der Waals surface area contributed by atoms with Gasteiger partial charge >= 0.3 is 0 Å². The number of carbonyl (C=O) groups is 1. The second-order valence-corrected chi connectivity index (χ2v) is 6.19. The van der Waals surface area contributed by atoms with Crippen LogP contribution in [0.4, 0.5) is 0 Å². The minimum absolute atomic E-state index is 0.181. The number of amides is 1. The van der Waals surface area contributed by atoms with Gasteiger partial charge in [-0.3, -0.25) is 4.79 Å². The van der Waals surface area contributed by atoms with Crippen molar-refractivity contribution in [1.29, 1.82) is 0 Å². The van der Waals surface area contributed by atoms with Crippen LogP contribution in [0.5, 0.6) is 0 Å². The average molecular weight is 293 g/mol. The number of carbonyl (C=O) groups excluding carboxylic acids is 1. The molecule has 114 valence electrons. The van der Waals surface area contributed by atoms with E-state index in [9.17, 15) is 4.79 Å². The van der Waals surface area contributed by atoms with Gasteiger partial charge in [0.25, 0.3) is 5.91 Å². The van der Waals surface area contributed by atoms with E-state index >= 15 is 0 Å². The van der Waals surface area contributed by atoms with Gasteiger partial charge in [-0.2, -0.15) is 0 Å². The van der Waals surface area contributed by atoms with Crippen LogP contribution in [0.1, 0.15) is 52.4 Å². The zero-order valence-electron chi connectivity index (χ0n) is 13.4. The third kappa shape index (κ3) is 2.92. The van der Waals surface area contributed by atoms with Gasteiger partial charge in [-0.15, -0.1) is 0 Å². The van der Waals surface area contributed by atoms with Crippen LogP contribution in [-0.2, 0) is 19.5 Å². The van der Waals surface area contributed by atoms with E-state index in [4.69, 9.17) is 0 Å². The second-order valence-electron chi connectivity index (χ2n) is 6.19. The van der Waals surface area contributed by atoms with E-state index in [0.29, 0.717) is 6.54 Å². The summed E-state index contributed by atoms with van der Waals surface area (Å²) in [4.78, 5) is 14.7. The molecule has 22 heavy (non-hydrogen) atoms. The van der Waals surface area contributed by atoms with Crippen molar-refractivity contribution in [3.63, 3.8) is 0 Å². The van der Waals surface area contributed by atoms with Crippen molar-refractivity contribution in [2.45, 2.75) is 46.2 Å². The van der Waals surface area contributed by atoms with Crippen LogP contribution in [0.3, 0.4) is 0 Å². The fraction of sp³-hybridized carbons (Fsp3) is 0.350. The molecule has 0 spiro atoms. The van der Waals surface area contributed by atoms with E-state index in [1.54, 1.807) is 0 Å². The first-order chi connectivity index (χ1) is 10.7. The van der Waals surface area contributed by atoms with Crippen LogP contribution < -0.4 is 0 Å². The molecule has 0 radical (unpaired) electrons. The molecule has 0 N–H and O–H groups in total. The smallest absolute Gasteiger partial charge is 0.254 e. The van der Waals surface area contributed by atoms with Gasteiger partial charge in [0.1, 0.15) is 0 Å². The Morgan fingerprint density at radius 3 is 2.59 bits per heavy atom.